The van der Waals surface area contributed by atoms with Crippen LogP contribution < -0.4 is 11.1 Å². The molecular weight excluding hydrogens is 210 g/mol. The molecule has 5 heteroatoms. The van der Waals surface area contributed by atoms with E-state index < -0.39 is 0 Å². The molecule has 0 atom stereocenters. The Kier molecular flexibility index (Phi) is 4.81. The van der Waals surface area contributed by atoms with Crippen LogP contribution in [0.1, 0.15) is 32.1 Å². The van der Waals surface area contributed by atoms with Crippen molar-refractivity contribution < 1.29 is 4.79 Å². The van der Waals surface area contributed by atoms with Gasteiger partial charge >= 0.3 is 6.03 Å². The van der Waals surface area contributed by atoms with Gasteiger partial charge in [0.1, 0.15) is 0 Å². The van der Waals surface area contributed by atoms with E-state index in [1.54, 1.807) is 7.05 Å². The van der Waals surface area contributed by atoms with Crippen LogP contribution in [0.5, 0.6) is 0 Å². The number of hydrogen-bond acceptors (Lipinski definition) is 2. The summed E-state index contributed by atoms with van der Waals surface area (Å²) in [5.41, 5.74) is 5.37. The fourth-order valence-corrected chi connectivity index (χ4v) is 2.03. The zero-order valence-corrected chi connectivity index (χ0v) is 9.98. The first-order valence-electron chi connectivity index (χ1n) is 5.39. The van der Waals surface area contributed by atoms with Crippen LogP contribution in [0.15, 0.2) is 0 Å². The Morgan fingerprint density at radius 1 is 1.47 bits per heavy atom. The van der Waals surface area contributed by atoms with Crippen molar-refractivity contribution in [2.24, 2.45) is 5.73 Å². The van der Waals surface area contributed by atoms with Gasteiger partial charge < -0.3 is 16.0 Å². The Balaban J connectivity index is 2.30. The molecule has 0 aliphatic heterocycles. The van der Waals surface area contributed by atoms with Gasteiger partial charge in [-0.3, -0.25) is 0 Å². The molecule has 0 saturated heterocycles. The average molecular weight is 229 g/mol. The Bertz CT molecular complexity index is 239. The molecule has 0 unspecified atom stereocenters. The van der Waals surface area contributed by atoms with E-state index >= 15 is 0 Å². The molecule has 15 heavy (non-hydrogen) atoms. The SMILES string of the molecule is CN(CC(N)=S)C(=O)NC1CCCCC1. The molecule has 3 N–H and O–H groups in total. The molecule has 0 aromatic rings. The molecule has 1 rings (SSSR count). The molecule has 0 bridgehead atoms. The van der Waals surface area contributed by atoms with Gasteiger partial charge in [-0.25, -0.2) is 4.79 Å². The van der Waals surface area contributed by atoms with Gasteiger partial charge in [0.2, 0.25) is 0 Å². The Morgan fingerprint density at radius 3 is 2.60 bits per heavy atom. The highest BCUT2D eigenvalue weighted by Gasteiger charge is 2.17. The minimum absolute atomic E-state index is 0.0744. The van der Waals surface area contributed by atoms with Crippen LogP contribution in [-0.4, -0.2) is 35.6 Å². The van der Waals surface area contributed by atoms with Gasteiger partial charge in [0.15, 0.2) is 0 Å². The summed E-state index contributed by atoms with van der Waals surface area (Å²) in [5, 5.41) is 3.00. The van der Waals surface area contributed by atoms with Gasteiger partial charge in [-0.1, -0.05) is 31.5 Å². The maximum Gasteiger partial charge on any atom is 0.317 e. The topological polar surface area (TPSA) is 58.4 Å². The van der Waals surface area contributed by atoms with Gasteiger partial charge in [-0.2, -0.15) is 0 Å². The number of likely N-dealkylation sites (N-methyl/N-ethyl adjacent to an activating group) is 1. The van der Waals surface area contributed by atoms with E-state index in [4.69, 9.17) is 18.0 Å². The smallest absolute Gasteiger partial charge is 0.317 e. The minimum atomic E-state index is -0.0744. The number of hydrogen-bond donors (Lipinski definition) is 2. The summed E-state index contributed by atoms with van der Waals surface area (Å²) in [7, 11) is 1.71. The normalized spacial score (nSPS) is 17.1. The molecule has 4 nitrogen and oxygen atoms in total. The van der Waals surface area contributed by atoms with Crippen molar-refractivity contribution in [3.8, 4) is 0 Å². The molecular formula is C10H19N3OS. The highest BCUT2D eigenvalue weighted by atomic mass is 32.1. The first-order valence-corrected chi connectivity index (χ1v) is 5.80. The number of urea groups is 1. The summed E-state index contributed by atoms with van der Waals surface area (Å²) in [6.07, 6.45) is 5.89. The lowest BCUT2D eigenvalue weighted by Crippen LogP contribution is -2.46. The van der Waals surface area contributed by atoms with Crippen LogP contribution in [0.3, 0.4) is 0 Å². The highest BCUT2D eigenvalue weighted by molar-refractivity contribution is 7.80. The number of carbonyl (C=O) groups is 1. The standard InChI is InChI=1S/C10H19N3OS/c1-13(7-9(11)15)10(14)12-8-5-3-2-4-6-8/h8H,2-7H2,1H3,(H2,11,15)(H,12,14). The third-order valence-corrected chi connectivity index (χ3v) is 2.80. The van der Waals surface area contributed by atoms with Crippen molar-refractivity contribution in [3.05, 3.63) is 0 Å². The van der Waals surface area contributed by atoms with E-state index in [-0.39, 0.29) is 6.03 Å². The lowest BCUT2D eigenvalue weighted by Gasteiger charge is -2.25. The molecule has 0 heterocycles. The van der Waals surface area contributed by atoms with Gasteiger partial charge in [-0.05, 0) is 12.8 Å². The van der Waals surface area contributed by atoms with Crippen molar-refractivity contribution in [2.45, 2.75) is 38.1 Å². The predicted molar refractivity (Wildman–Crippen MR) is 64.8 cm³/mol. The van der Waals surface area contributed by atoms with Crippen LogP contribution >= 0.6 is 12.2 Å². The Hall–Kier alpha value is -0.840. The number of nitrogens with one attached hydrogen (secondary N) is 1. The van der Waals surface area contributed by atoms with Crippen molar-refractivity contribution in [3.63, 3.8) is 0 Å². The van der Waals surface area contributed by atoms with Crippen molar-refractivity contribution >= 4 is 23.2 Å². The lowest BCUT2D eigenvalue weighted by molar-refractivity contribution is 0.206. The summed E-state index contributed by atoms with van der Waals surface area (Å²) in [6, 6.07) is 0.259. The van der Waals surface area contributed by atoms with Gasteiger partial charge in [0.25, 0.3) is 0 Å². The molecule has 2 amide bonds. The van der Waals surface area contributed by atoms with Crippen molar-refractivity contribution in [1.82, 2.24) is 10.2 Å². The second-order valence-electron chi connectivity index (χ2n) is 4.11. The quantitative estimate of drug-likeness (QED) is 0.716. The van der Waals surface area contributed by atoms with Gasteiger partial charge in [0.05, 0.1) is 11.5 Å². The molecule has 0 aromatic heterocycles. The molecule has 1 fully saturated rings. The maximum atomic E-state index is 11.6. The van der Waals surface area contributed by atoms with Crippen molar-refractivity contribution in [2.75, 3.05) is 13.6 Å². The van der Waals surface area contributed by atoms with Crippen LogP contribution in [-0.2, 0) is 0 Å². The van der Waals surface area contributed by atoms with Crippen LogP contribution in [0.4, 0.5) is 4.79 Å². The summed E-state index contributed by atoms with van der Waals surface area (Å²) >= 11 is 4.75. The van der Waals surface area contributed by atoms with E-state index in [0.717, 1.165) is 12.8 Å². The number of nitrogens with two attached hydrogens (primary N) is 1. The van der Waals surface area contributed by atoms with Gasteiger partial charge in [0, 0.05) is 13.1 Å². The second-order valence-corrected chi connectivity index (χ2v) is 4.63. The maximum absolute atomic E-state index is 11.6. The third kappa shape index (κ3) is 4.46. The number of rotatable bonds is 3. The summed E-state index contributed by atoms with van der Waals surface area (Å²) in [5.74, 6) is 0. The average Bonchev–Trinajstić information content (AvgIpc) is 2.18. The summed E-state index contributed by atoms with van der Waals surface area (Å²) in [6.45, 7) is 0.341. The molecule has 1 aliphatic rings. The summed E-state index contributed by atoms with van der Waals surface area (Å²) < 4.78 is 0. The van der Waals surface area contributed by atoms with Crippen LogP contribution in [0.25, 0.3) is 0 Å². The third-order valence-electron chi connectivity index (χ3n) is 2.67. The van der Waals surface area contributed by atoms with E-state index in [1.165, 1.54) is 24.2 Å². The van der Waals surface area contributed by atoms with E-state index in [0.29, 0.717) is 17.6 Å². The molecule has 1 aliphatic carbocycles. The molecule has 1 saturated carbocycles. The van der Waals surface area contributed by atoms with E-state index in [2.05, 4.69) is 5.32 Å². The monoisotopic (exact) mass is 229 g/mol. The van der Waals surface area contributed by atoms with Crippen molar-refractivity contribution in [1.29, 1.82) is 0 Å². The number of carbonyl (C=O) groups excluding carboxylic acids is 1. The van der Waals surface area contributed by atoms with E-state index in [1.807, 2.05) is 0 Å². The van der Waals surface area contributed by atoms with E-state index in [9.17, 15) is 4.79 Å². The lowest BCUT2D eigenvalue weighted by atomic mass is 9.96. The zero-order chi connectivity index (χ0) is 11.3. The highest BCUT2D eigenvalue weighted by Crippen LogP contribution is 2.17. The zero-order valence-electron chi connectivity index (χ0n) is 9.16. The first kappa shape index (κ1) is 12.2. The Morgan fingerprint density at radius 2 is 2.07 bits per heavy atom. The fraction of sp³-hybridized carbons (Fsp3) is 0.800. The summed E-state index contributed by atoms with van der Waals surface area (Å²) in [4.78, 5) is 13.5. The Labute approximate surface area is 96.2 Å². The predicted octanol–water partition coefficient (Wildman–Crippen LogP) is 1.25. The van der Waals surface area contributed by atoms with Crippen LogP contribution in [0, 0.1) is 0 Å². The number of nitrogens with zero attached hydrogens (tertiary/aromatic N) is 1. The molecule has 0 aromatic carbocycles. The second kappa shape index (κ2) is 5.90. The number of amides is 2. The number of thiocarbonyl (C=S) groups is 1. The van der Waals surface area contributed by atoms with Crippen LogP contribution in [0.2, 0.25) is 0 Å². The molecule has 0 radical (unpaired) electrons. The fourth-order valence-electron chi connectivity index (χ4n) is 1.84. The molecule has 0 spiro atoms. The minimum Gasteiger partial charge on any atom is -0.392 e. The first-order chi connectivity index (χ1) is 7.09. The largest absolute Gasteiger partial charge is 0.392 e. The van der Waals surface area contributed by atoms with Gasteiger partial charge in [-0.15, -0.1) is 0 Å². The molecule has 86 valence electrons.